The Morgan fingerprint density at radius 1 is 1.39 bits per heavy atom. The SMILES string of the molecule is CSCC(C)N(C)c1ncnc(NN)c1C(C)C. The molecule has 1 rings (SSSR count). The highest BCUT2D eigenvalue weighted by molar-refractivity contribution is 7.98. The van der Waals surface area contributed by atoms with Gasteiger partial charge in [0.25, 0.3) is 0 Å². The molecule has 3 N–H and O–H groups in total. The molecular weight excluding hydrogens is 246 g/mol. The lowest BCUT2D eigenvalue weighted by Gasteiger charge is -2.28. The second-order valence-corrected chi connectivity index (χ2v) is 5.58. The number of nitrogen functional groups attached to an aromatic ring is 1. The largest absolute Gasteiger partial charge is 0.356 e. The van der Waals surface area contributed by atoms with Crippen LogP contribution in [0.5, 0.6) is 0 Å². The lowest BCUT2D eigenvalue weighted by Crippen LogP contribution is -2.33. The van der Waals surface area contributed by atoms with E-state index >= 15 is 0 Å². The first kappa shape index (κ1) is 15.0. The van der Waals surface area contributed by atoms with Crippen LogP contribution in [-0.2, 0) is 0 Å². The van der Waals surface area contributed by atoms with Crippen LogP contribution in [0, 0.1) is 0 Å². The summed E-state index contributed by atoms with van der Waals surface area (Å²) in [5, 5.41) is 0. The van der Waals surface area contributed by atoms with Gasteiger partial charge in [-0.25, -0.2) is 15.8 Å². The maximum Gasteiger partial charge on any atom is 0.148 e. The molecule has 5 nitrogen and oxygen atoms in total. The van der Waals surface area contributed by atoms with Crippen molar-refractivity contribution < 1.29 is 0 Å². The topological polar surface area (TPSA) is 67.1 Å². The number of hydrogen-bond acceptors (Lipinski definition) is 6. The van der Waals surface area contributed by atoms with Gasteiger partial charge in [-0.05, 0) is 19.1 Å². The second-order valence-electron chi connectivity index (χ2n) is 4.67. The minimum Gasteiger partial charge on any atom is -0.356 e. The summed E-state index contributed by atoms with van der Waals surface area (Å²) in [4.78, 5) is 10.8. The number of rotatable bonds is 6. The molecule has 18 heavy (non-hydrogen) atoms. The van der Waals surface area contributed by atoms with Crippen molar-refractivity contribution in [2.75, 3.05) is 29.4 Å². The minimum atomic E-state index is 0.316. The molecule has 0 aliphatic rings. The Hall–Kier alpha value is -1.01. The number of thioether (sulfide) groups is 1. The van der Waals surface area contributed by atoms with Crippen LogP contribution in [0.2, 0.25) is 0 Å². The Balaban J connectivity index is 3.14. The normalized spacial score (nSPS) is 12.6. The standard InChI is InChI=1S/C12H23N5S/c1-8(2)10-11(16-13)14-7-15-12(10)17(4)9(3)6-18-5/h7-9H,6,13H2,1-5H3,(H,14,15,16). The highest BCUT2D eigenvalue weighted by atomic mass is 32.2. The van der Waals surface area contributed by atoms with Crippen molar-refractivity contribution in [3.8, 4) is 0 Å². The third-order valence-corrected chi connectivity index (χ3v) is 3.80. The fraction of sp³-hybridized carbons (Fsp3) is 0.667. The van der Waals surface area contributed by atoms with Crippen molar-refractivity contribution in [1.82, 2.24) is 9.97 Å². The molecule has 102 valence electrons. The Morgan fingerprint density at radius 2 is 2.06 bits per heavy atom. The predicted molar refractivity (Wildman–Crippen MR) is 80.2 cm³/mol. The molecule has 0 aromatic carbocycles. The fourth-order valence-electron chi connectivity index (χ4n) is 1.88. The number of nitrogens with zero attached hydrogens (tertiary/aromatic N) is 3. The first-order valence-electron chi connectivity index (χ1n) is 6.06. The maximum absolute atomic E-state index is 5.53. The van der Waals surface area contributed by atoms with Gasteiger partial charge in [0.2, 0.25) is 0 Å². The van der Waals surface area contributed by atoms with E-state index in [2.05, 4.69) is 54.4 Å². The van der Waals surface area contributed by atoms with Crippen LogP contribution in [0.4, 0.5) is 11.6 Å². The summed E-state index contributed by atoms with van der Waals surface area (Å²) in [5.41, 5.74) is 3.73. The number of anilines is 2. The Kier molecular flexibility index (Phi) is 5.68. The van der Waals surface area contributed by atoms with Gasteiger partial charge >= 0.3 is 0 Å². The first-order valence-corrected chi connectivity index (χ1v) is 7.45. The van der Waals surface area contributed by atoms with E-state index in [-0.39, 0.29) is 0 Å². The average molecular weight is 269 g/mol. The predicted octanol–water partition coefficient (Wildman–Crippen LogP) is 2.07. The van der Waals surface area contributed by atoms with E-state index in [1.807, 2.05) is 11.8 Å². The highest BCUT2D eigenvalue weighted by Crippen LogP contribution is 2.30. The number of aromatic nitrogens is 2. The van der Waals surface area contributed by atoms with Gasteiger partial charge in [-0.15, -0.1) is 0 Å². The van der Waals surface area contributed by atoms with Crippen LogP contribution in [0.3, 0.4) is 0 Å². The molecular formula is C12H23N5S. The number of hydrogen-bond donors (Lipinski definition) is 2. The summed E-state index contributed by atoms with van der Waals surface area (Å²) in [7, 11) is 2.06. The second kappa shape index (κ2) is 6.80. The van der Waals surface area contributed by atoms with Gasteiger partial charge < -0.3 is 10.3 Å². The third-order valence-electron chi connectivity index (χ3n) is 2.98. The number of nitrogens with two attached hydrogens (primary N) is 1. The molecule has 1 aromatic rings. The highest BCUT2D eigenvalue weighted by Gasteiger charge is 2.20. The first-order chi connectivity index (χ1) is 8.52. The molecule has 0 amide bonds. The van der Waals surface area contributed by atoms with E-state index in [0.717, 1.165) is 17.1 Å². The summed E-state index contributed by atoms with van der Waals surface area (Å²) in [6, 6.07) is 0.415. The van der Waals surface area contributed by atoms with Gasteiger partial charge in [0.15, 0.2) is 0 Å². The molecule has 1 atom stereocenters. The van der Waals surface area contributed by atoms with Crippen LogP contribution < -0.4 is 16.2 Å². The zero-order valence-electron chi connectivity index (χ0n) is 11.8. The minimum absolute atomic E-state index is 0.316. The van der Waals surface area contributed by atoms with E-state index in [0.29, 0.717) is 17.8 Å². The average Bonchev–Trinajstić information content (AvgIpc) is 2.36. The van der Waals surface area contributed by atoms with Crippen LogP contribution in [0.15, 0.2) is 6.33 Å². The molecule has 1 unspecified atom stereocenters. The van der Waals surface area contributed by atoms with Gasteiger partial charge in [-0.2, -0.15) is 11.8 Å². The zero-order chi connectivity index (χ0) is 13.7. The Morgan fingerprint density at radius 3 is 2.56 bits per heavy atom. The molecule has 0 fully saturated rings. The van der Waals surface area contributed by atoms with E-state index in [9.17, 15) is 0 Å². The maximum atomic E-state index is 5.53. The number of nitrogens with one attached hydrogen (secondary N) is 1. The van der Waals surface area contributed by atoms with Crippen LogP contribution in [-0.4, -0.2) is 35.1 Å². The quantitative estimate of drug-likeness (QED) is 0.609. The van der Waals surface area contributed by atoms with Crippen molar-refractivity contribution in [3.05, 3.63) is 11.9 Å². The van der Waals surface area contributed by atoms with Crippen molar-refractivity contribution in [2.45, 2.75) is 32.7 Å². The zero-order valence-corrected chi connectivity index (χ0v) is 12.6. The van der Waals surface area contributed by atoms with Gasteiger partial charge in [0, 0.05) is 24.4 Å². The molecule has 1 heterocycles. The Labute approximate surface area is 114 Å². The monoisotopic (exact) mass is 269 g/mol. The van der Waals surface area contributed by atoms with Crippen LogP contribution in [0.25, 0.3) is 0 Å². The lowest BCUT2D eigenvalue weighted by molar-refractivity contribution is 0.732. The summed E-state index contributed by atoms with van der Waals surface area (Å²) in [5.74, 6) is 8.56. The molecule has 1 aromatic heterocycles. The van der Waals surface area contributed by atoms with Crippen molar-refractivity contribution in [2.24, 2.45) is 5.84 Å². The lowest BCUT2D eigenvalue weighted by atomic mass is 10.0. The van der Waals surface area contributed by atoms with Crippen molar-refractivity contribution in [1.29, 1.82) is 0 Å². The molecule has 0 saturated carbocycles. The van der Waals surface area contributed by atoms with Crippen molar-refractivity contribution in [3.63, 3.8) is 0 Å². The molecule has 0 radical (unpaired) electrons. The van der Waals surface area contributed by atoms with Crippen LogP contribution in [0.1, 0.15) is 32.3 Å². The third kappa shape index (κ3) is 3.26. The van der Waals surface area contributed by atoms with Gasteiger partial charge in [0.1, 0.15) is 18.0 Å². The van der Waals surface area contributed by atoms with E-state index in [4.69, 9.17) is 5.84 Å². The van der Waals surface area contributed by atoms with E-state index in [1.54, 1.807) is 6.33 Å². The summed E-state index contributed by atoms with van der Waals surface area (Å²) >= 11 is 1.83. The molecule has 0 aliphatic heterocycles. The number of hydrazine groups is 1. The van der Waals surface area contributed by atoms with E-state index < -0.39 is 0 Å². The van der Waals surface area contributed by atoms with Crippen LogP contribution >= 0.6 is 11.8 Å². The molecule has 0 aliphatic carbocycles. The fourth-order valence-corrected chi connectivity index (χ4v) is 2.58. The smallest absolute Gasteiger partial charge is 0.148 e. The van der Waals surface area contributed by atoms with Crippen molar-refractivity contribution >= 4 is 23.4 Å². The van der Waals surface area contributed by atoms with Gasteiger partial charge in [0.05, 0.1) is 0 Å². The summed E-state index contributed by atoms with van der Waals surface area (Å²) in [6.07, 6.45) is 3.67. The molecule has 0 saturated heterocycles. The summed E-state index contributed by atoms with van der Waals surface area (Å²) in [6.45, 7) is 6.44. The van der Waals surface area contributed by atoms with Gasteiger partial charge in [-0.1, -0.05) is 13.8 Å². The Bertz CT molecular complexity index is 383. The molecule has 6 heteroatoms. The summed E-state index contributed by atoms with van der Waals surface area (Å²) < 4.78 is 0. The van der Waals surface area contributed by atoms with Gasteiger partial charge in [-0.3, -0.25) is 0 Å². The molecule has 0 spiro atoms. The molecule has 0 bridgehead atoms. The van der Waals surface area contributed by atoms with E-state index in [1.165, 1.54) is 0 Å².